The first-order valence-corrected chi connectivity index (χ1v) is 12.7. The van der Waals surface area contributed by atoms with E-state index in [1.807, 2.05) is 0 Å². The molecular weight excluding hydrogens is 463 g/mol. The van der Waals surface area contributed by atoms with Crippen LogP contribution in [0.15, 0.2) is 53.4 Å². The molecule has 0 unspecified atom stereocenters. The van der Waals surface area contributed by atoms with Gasteiger partial charge in [-0.2, -0.15) is 4.31 Å². The fraction of sp³-hybridized carbons (Fsp3) is 0.417. The van der Waals surface area contributed by atoms with Crippen molar-refractivity contribution in [3.8, 4) is 0 Å². The highest BCUT2D eigenvalue weighted by Gasteiger charge is 2.46. The minimum atomic E-state index is -3.72. The molecule has 1 aliphatic heterocycles. The van der Waals surface area contributed by atoms with Gasteiger partial charge < -0.3 is 14.8 Å². The van der Waals surface area contributed by atoms with Gasteiger partial charge >= 0.3 is 5.97 Å². The maximum absolute atomic E-state index is 14.5. The molecule has 2 fully saturated rings. The Bertz CT molecular complexity index is 1160. The van der Waals surface area contributed by atoms with Gasteiger partial charge in [-0.25, -0.2) is 12.8 Å². The average molecular weight is 491 g/mol. The van der Waals surface area contributed by atoms with Crippen LogP contribution >= 0.6 is 0 Å². The van der Waals surface area contributed by atoms with Crippen molar-refractivity contribution in [3.63, 3.8) is 0 Å². The van der Waals surface area contributed by atoms with Gasteiger partial charge in [0.2, 0.25) is 10.0 Å². The van der Waals surface area contributed by atoms with Crippen LogP contribution in [0.4, 0.5) is 10.1 Å². The van der Waals surface area contributed by atoms with Gasteiger partial charge in [-0.15, -0.1) is 0 Å². The normalized spacial score (nSPS) is 18.4. The first-order valence-electron chi connectivity index (χ1n) is 11.2. The molecule has 182 valence electrons. The minimum absolute atomic E-state index is 0.0497. The summed E-state index contributed by atoms with van der Waals surface area (Å²) in [6, 6.07) is 12.0. The summed E-state index contributed by atoms with van der Waals surface area (Å²) in [5.41, 5.74) is -0.545. The predicted molar refractivity (Wildman–Crippen MR) is 122 cm³/mol. The summed E-state index contributed by atoms with van der Waals surface area (Å²) in [5, 5.41) is 2.57. The van der Waals surface area contributed by atoms with E-state index in [9.17, 15) is 22.4 Å². The van der Waals surface area contributed by atoms with Gasteiger partial charge in [0.25, 0.3) is 5.91 Å². The lowest BCUT2D eigenvalue weighted by Gasteiger charge is -2.27. The van der Waals surface area contributed by atoms with Crippen molar-refractivity contribution in [1.29, 1.82) is 0 Å². The number of anilines is 1. The highest BCUT2D eigenvalue weighted by atomic mass is 32.2. The number of rotatable bonds is 7. The number of nitrogens with one attached hydrogen (secondary N) is 1. The molecule has 2 aromatic rings. The Morgan fingerprint density at radius 3 is 2.47 bits per heavy atom. The molecule has 1 amide bonds. The lowest BCUT2D eigenvalue weighted by Crippen LogP contribution is -2.40. The molecular formula is C24H27FN2O6S. The second-order valence-corrected chi connectivity index (χ2v) is 10.4. The summed E-state index contributed by atoms with van der Waals surface area (Å²) < 4.78 is 52.0. The highest BCUT2D eigenvalue weighted by Crippen LogP contribution is 2.43. The zero-order valence-electron chi connectivity index (χ0n) is 18.7. The fourth-order valence-electron chi connectivity index (χ4n) is 4.55. The summed E-state index contributed by atoms with van der Waals surface area (Å²) in [6.07, 6.45) is 2.44. The molecule has 0 aromatic heterocycles. The molecule has 1 heterocycles. The largest absolute Gasteiger partial charge is 0.455 e. The van der Waals surface area contributed by atoms with Gasteiger partial charge in [0.1, 0.15) is 5.82 Å². The average Bonchev–Trinajstić information content (AvgIpc) is 3.34. The number of morpholine rings is 1. The fourth-order valence-corrected chi connectivity index (χ4v) is 6.00. The van der Waals surface area contributed by atoms with Gasteiger partial charge in [-0.3, -0.25) is 9.59 Å². The number of carbonyl (C=O) groups excluding carboxylic acids is 2. The zero-order chi connectivity index (χ0) is 24.2. The molecule has 0 spiro atoms. The van der Waals surface area contributed by atoms with E-state index in [2.05, 4.69) is 5.32 Å². The number of benzene rings is 2. The van der Waals surface area contributed by atoms with Crippen LogP contribution in [-0.4, -0.2) is 57.5 Å². The topological polar surface area (TPSA) is 102 Å². The van der Waals surface area contributed by atoms with Crippen LogP contribution in [0.5, 0.6) is 0 Å². The van der Waals surface area contributed by atoms with E-state index < -0.39 is 39.7 Å². The van der Waals surface area contributed by atoms with Crippen LogP contribution < -0.4 is 5.32 Å². The Hall–Kier alpha value is -2.82. The van der Waals surface area contributed by atoms with Crippen molar-refractivity contribution in [2.24, 2.45) is 0 Å². The third-order valence-corrected chi connectivity index (χ3v) is 8.19. The maximum Gasteiger partial charge on any atom is 0.317 e. The molecule has 1 N–H and O–H groups in total. The highest BCUT2D eigenvalue weighted by molar-refractivity contribution is 7.89. The number of amides is 1. The number of ether oxygens (including phenoxy) is 2. The lowest BCUT2D eigenvalue weighted by molar-refractivity contribution is -0.153. The van der Waals surface area contributed by atoms with Crippen molar-refractivity contribution < 1.29 is 31.9 Å². The van der Waals surface area contributed by atoms with Crippen LogP contribution in [0.25, 0.3) is 0 Å². The molecule has 2 aliphatic rings. The predicted octanol–water partition coefficient (Wildman–Crippen LogP) is 2.84. The van der Waals surface area contributed by atoms with Crippen molar-refractivity contribution in [1.82, 2.24) is 4.31 Å². The smallest absolute Gasteiger partial charge is 0.317 e. The Labute approximate surface area is 198 Å². The second-order valence-electron chi connectivity index (χ2n) is 8.44. The number of halogens is 1. The van der Waals surface area contributed by atoms with Crippen LogP contribution in [-0.2, 0) is 34.5 Å². The molecule has 1 saturated carbocycles. The first-order chi connectivity index (χ1) is 16.3. The molecule has 2 aromatic carbocycles. The quantitative estimate of drug-likeness (QED) is 0.599. The number of esters is 1. The van der Waals surface area contributed by atoms with E-state index in [0.717, 1.165) is 12.8 Å². The van der Waals surface area contributed by atoms with Crippen LogP contribution in [0.2, 0.25) is 0 Å². The maximum atomic E-state index is 14.5. The molecule has 8 nitrogen and oxygen atoms in total. The van der Waals surface area contributed by atoms with Gasteiger partial charge in [0.05, 0.1) is 23.5 Å². The number of nitrogens with zero attached hydrogens (tertiary/aromatic N) is 1. The number of hydrogen-bond acceptors (Lipinski definition) is 6. The van der Waals surface area contributed by atoms with E-state index in [-0.39, 0.29) is 23.7 Å². The van der Waals surface area contributed by atoms with Crippen LogP contribution in [0.3, 0.4) is 0 Å². The first kappa shape index (κ1) is 24.3. The zero-order valence-corrected chi connectivity index (χ0v) is 19.5. The summed E-state index contributed by atoms with van der Waals surface area (Å²) in [5.74, 6) is -1.71. The van der Waals surface area contributed by atoms with Gasteiger partial charge in [-0.05, 0) is 37.1 Å². The Morgan fingerprint density at radius 1 is 1.06 bits per heavy atom. The second kappa shape index (κ2) is 10.2. The standard InChI is InChI=1S/C24H27FN2O6S/c25-21-9-2-1-8-20(21)24(10-3-4-11-24)23(29)33-17-22(28)26-18-6-5-7-19(16-18)34(30,31)27-12-14-32-15-13-27/h1-2,5-9,16H,3-4,10-15,17H2,(H,26,28). The molecule has 0 radical (unpaired) electrons. The van der Waals surface area contributed by atoms with Gasteiger partial charge in [0, 0.05) is 24.3 Å². The Kier molecular flexibility index (Phi) is 7.30. The minimum Gasteiger partial charge on any atom is -0.455 e. The molecule has 0 atom stereocenters. The molecule has 4 rings (SSSR count). The Morgan fingerprint density at radius 2 is 1.76 bits per heavy atom. The van der Waals surface area contributed by atoms with E-state index in [4.69, 9.17) is 9.47 Å². The van der Waals surface area contributed by atoms with Crippen molar-refractivity contribution in [2.75, 3.05) is 38.2 Å². The van der Waals surface area contributed by atoms with Crippen molar-refractivity contribution in [2.45, 2.75) is 36.0 Å². The third-order valence-electron chi connectivity index (χ3n) is 6.30. The molecule has 0 bridgehead atoms. The lowest BCUT2D eigenvalue weighted by atomic mass is 9.78. The SMILES string of the molecule is O=C(COC(=O)C1(c2ccccc2F)CCCC1)Nc1cccc(S(=O)(=O)N2CCOCC2)c1. The molecule has 1 aliphatic carbocycles. The molecule has 34 heavy (non-hydrogen) atoms. The summed E-state index contributed by atoms with van der Waals surface area (Å²) in [7, 11) is -3.72. The number of hydrogen-bond donors (Lipinski definition) is 1. The Balaban J connectivity index is 1.41. The van der Waals surface area contributed by atoms with Crippen molar-refractivity contribution in [3.05, 3.63) is 59.9 Å². The van der Waals surface area contributed by atoms with Gasteiger partial charge in [-0.1, -0.05) is 37.1 Å². The summed E-state index contributed by atoms with van der Waals surface area (Å²) in [6.45, 7) is 0.623. The van der Waals surface area contributed by atoms with Gasteiger partial charge in [0.15, 0.2) is 6.61 Å². The van der Waals surface area contributed by atoms with Crippen LogP contribution in [0, 0.1) is 5.82 Å². The van der Waals surface area contributed by atoms with Crippen molar-refractivity contribution >= 4 is 27.6 Å². The third kappa shape index (κ3) is 4.98. The van der Waals surface area contributed by atoms with E-state index in [1.165, 1.54) is 28.6 Å². The van der Waals surface area contributed by atoms with E-state index >= 15 is 0 Å². The summed E-state index contributed by atoms with van der Waals surface area (Å²) in [4.78, 5) is 25.5. The van der Waals surface area contributed by atoms with E-state index in [1.54, 1.807) is 24.3 Å². The molecule has 10 heteroatoms. The number of sulfonamides is 1. The molecule has 1 saturated heterocycles. The summed E-state index contributed by atoms with van der Waals surface area (Å²) >= 11 is 0. The van der Waals surface area contributed by atoms with E-state index in [0.29, 0.717) is 31.6 Å². The monoisotopic (exact) mass is 490 g/mol. The number of carbonyl (C=O) groups is 2. The van der Waals surface area contributed by atoms with Crippen LogP contribution in [0.1, 0.15) is 31.2 Å².